The number of aliphatic carboxylic acids is 1. The Kier molecular flexibility index (Phi) is 5.84. The number of carbonyl (C=O) groups excluding carboxylic acids is 1. The fourth-order valence-electron chi connectivity index (χ4n) is 3.23. The number of benzene rings is 1. The van der Waals surface area contributed by atoms with E-state index in [1.165, 1.54) is 6.07 Å². The number of urea groups is 1. The Morgan fingerprint density at radius 2 is 1.81 bits per heavy atom. The summed E-state index contributed by atoms with van der Waals surface area (Å²) in [7, 11) is 0. The van der Waals surface area contributed by atoms with E-state index in [1.807, 2.05) is 20.8 Å². The van der Waals surface area contributed by atoms with Gasteiger partial charge in [-0.2, -0.15) is 0 Å². The molecule has 0 heterocycles. The Labute approximate surface area is 152 Å². The maximum atomic E-state index is 12.2. The molecule has 0 atom stereocenters. The van der Waals surface area contributed by atoms with Crippen LogP contribution < -0.4 is 10.6 Å². The fraction of sp³-hybridized carbons (Fsp3) is 0.556. The first-order valence-electron chi connectivity index (χ1n) is 8.67. The molecule has 1 saturated carbocycles. The lowest BCUT2D eigenvalue weighted by Crippen LogP contribution is -2.41. The van der Waals surface area contributed by atoms with Crippen molar-refractivity contribution in [2.45, 2.75) is 57.9 Å². The van der Waals surface area contributed by atoms with E-state index in [1.54, 1.807) is 12.1 Å². The van der Waals surface area contributed by atoms with Gasteiger partial charge in [-0.25, -0.2) is 4.79 Å². The Bertz CT molecular complexity index is 703. The number of anilines is 1. The summed E-state index contributed by atoms with van der Waals surface area (Å²) in [6, 6.07) is 4.14. The predicted octanol–water partition coefficient (Wildman–Crippen LogP) is 3.66. The summed E-state index contributed by atoms with van der Waals surface area (Å²) in [5.74, 6) is -1.14. The maximum Gasteiger partial charge on any atom is 0.319 e. The Morgan fingerprint density at radius 3 is 2.31 bits per heavy atom. The van der Waals surface area contributed by atoms with Crippen molar-refractivity contribution >= 4 is 23.4 Å². The minimum absolute atomic E-state index is 0.0303. The molecule has 1 aliphatic rings. The van der Waals surface area contributed by atoms with Gasteiger partial charge in [0.1, 0.15) is 0 Å². The van der Waals surface area contributed by atoms with Gasteiger partial charge in [-0.3, -0.25) is 14.9 Å². The topological polar surface area (TPSA) is 122 Å². The molecule has 8 nitrogen and oxygen atoms in total. The van der Waals surface area contributed by atoms with Crippen LogP contribution in [-0.4, -0.2) is 28.1 Å². The van der Waals surface area contributed by atoms with E-state index in [4.69, 9.17) is 5.11 Å². The van der Waals surface area contributed by atoms with Gasteiger partial charge < -0.3 is 15.7 Å². The van der Waals surface area contributed by atoms with Crippen molar-refractivity contribution in [3.8, 4) is 0 Å². The lowest BCUT2D eigenvalue weighted by Gasteiger charge is -2.26. The minimum atomic E-state index is -0.792. The molecule has 1 aromatic carbocycles. The normalized spacial score (nSPS) is 20.3. The van der Waals surface area contributed by atoms with Crippen LogP contribution in [0.25, 0.3) is 0 Å². The number of carbonyl (C=O) groups is 2. The largest absolute Gasteiger partial charge is 0.481 e. The van der Waals surface area contributed by atoms with Crippen molar-refractivity contribution in [3.05, 3.63) is 33.9 Å². The minimum Gasteiger partial charge on any atom is -0.481 e. The van der Waals surface area contributed by atoms with E-state index in [2.05, 4.69) is 10.6 Å². The van der Waals surface area contributed by atoms with Crippen LogP contribution in [0.4, 0.5) is 16.2 Å². The highest BCUT2D eigenvalue weighted by atomic mass is 16.6. The highest BCUT2D eigenvalue weighted by molar-refractivity contribution is 5.90. The highest BCUT2D eigenvalue weighted by Crippen LogP contribution is 2.33. The van der Waals surface area contributed by atoms with E-state index < -0.39 is 16.9 Å². The second-order valence-corrected chi connectivity index (χ2v) is 7.72. The number of nitro groups is 1. The Hall–Kier alpha value is -2.64. The van der Waals surface area contributed by atoms with Crippen LogP contribution in [0, 0.1) is 16.0 Å². The third-order valence-electron chi connectivity index (χ3n) is 4.67. The summed E-state index contributed by atoms with van der Waals surface area (Å²) in [4.78, 5) is 34.0. The number of carboxylic acids is 1. The van der Waals surface area contributed by atoms with Crippen molar-refractivity contribution < 1.29 is 19.6 Å². The molecule has 0 aliphatic heterocycles. The molecule has 2 amide bonds. The van der Waals surface area contributed by atoms with Gasteiger partial charge in [-0.15, -0.1) is 0 Å². The predicted molar refractivity (Wildman–Crippen MR) is 97.3 cm³/mol. The first-order chi connectivity index (χ1) is 12.1. The first-order valence-corrected chi connectivity index (χ1v) is 8.67. The van der Waals surface area contributed by atoms with Crippen molar-refractivity contribution in [1.29, 1.82) is 0 Å². The number of rotatable bonds is 4. The standard InChI is InChI=1S/C18H25N3O5/c1-18(2,3)14-9-8-13(10-15(14)21(25)26)20-17(24)19-12-6-4-11(5-7-12)16(22)23/h8-12H,4-7H2,1-3H3,(H,22,23)(H2,19,20,24). The van der Waals surface area contributed by atoms with Gasteiger partial charge in [0, 0.05) is 23.4 Å². The van der Waals surface area contributed by atoms with Crippen LogP contribution in [0.1, 0.15) is 52.0 Å². The lowest BCUT2D eigenvalue weighted by molar-refractivity contribution is -0.385. The summed E-state index contributed by atoms with van der Waals surface area (Å²) in [6.45, 7) is 5.67. The number of nitrogens with one attached hydrogen (secondary N) is 2. The molecule has 0 radical (unpaired) electrons. The van der Waals surface area contributed by atoms with Gasteiger partial charge in [0.05, 0.1) is 10.8 Å². The van der Waals surface area contributed by atoms with Gasteiger partial charge >= 0.3 is 12.0 Å². The second kappa shape index (κ2) is 7.72. The molecule has 1 aromatic rings. The number of hydrogen-bond acceptors (Lipinski definition) is 4. The van der Waals surface area contributed by atoms with Crippen molar-refractivity contribution in [3.63, 3.8) is 0 Å². The third kappa shape index (κ3) is 4.93. The van der Waals surface area contributed by atoms with Crippen LogP contribution in [0.3, 0.4) is 0 Å². The van der Waals surface area contributed by atoms with Crippen LogP contribution >= 0.6 is 0 Å². The van der Waals surface area contributed by atoms with Crippen LogP contribution in [0.15, 0.2) is 18.2 Å². The van der Waals surface area contributed by atoms with Gasteiger partial charge in [0.25, 0.3) is 5.69 Å². The van der Waals surface area contributed by atoms with E-state index in [9.17, 15) is 19.7 Å². The summed E-state index contributed by atoms with van der Waals surface area (Å²) in [5.41, 5.74) is 0.533. The monoisotopic (exact) mass is 363 g/mol. The summed E-state index contributed by atoms with van der Waals surface area (Å²) in [6.07, 6.45) is 2.28. The Balaban J connectivity index is 2.00. The number of nitrogens with zero attached hydrogens (tertiary/aromatic N) is 1. The SMILES string of the molecule is CC(C)(C)c1ccc(NC(=O)NC2CCC(C(=O)O)CC2)cc1[N+](=O)[O-]. The number of hydrogen-bond donors (Lipinski definition) is 3. The number of amides is 2. The first kappa shape index (κ1) is 19.7. The molecule has 0 aromatic heterocycles. The molecule has 2 rings (SSSR count). The molecule has 0 unspecified atom stereocenters. The van der Waals surface area contributed by atoms with Crippen molar-refractivity contribution in [2.24, 2.45) is 5.92 Å². The number of nitro benzene ring substituents is 1. The molecule has 8 heteroatoms. The quantitative estimate of drug-likeness (QED) is 0.557. The fourth-order valence-corrected chi connectivity index (χ4v) is 3.23. The maximum absolute atomic E-state index is 12.2. The average molecular weight is 363 g/mol. The average Bonchev–Trinajstić information content (AvgIpc) is 2.54. The van der Waals surface area contributed by atoms with E-state index in [-0.39, 0.29) is 23.1 Å². The van der Waals surface area contributed by atoms with E-state index in [0.717, 1.165) is 0 Å². The lowest BCUT2D eigenvalue weighted by atomic mass is 9.85. The second-order valence-electron chi connectivity index (χ2n) is 7.72. The van der Waals surface area contributed by atoms with Gasteiger partial charge in [0.15, 0.2) is 0 Å². The summed E-state index contributed by atoms with van der Waals surface area (Å²) >= 11 is 0. The third-order valence-corrected chi connectivity index (χ3v) is 4.67. The zero-order valence-electron chi connectivity index (χ0n) is 15.2. The van der Waals surface area contributed by atoms with Crippen LogP contribution in [0.2, 0.25) is 0 Å². The zero-order chi connectivity index (χ0) is 19.5. The summed E-state index contributed by atoms with van der Waals surface area (Å²) < 4.78 is 0. The zero-order valence-corrected chi connectivity index (χ0v) is 15.2. The molecule has 0 spiro atoms. The Morgan fingerprint density at radius 1 is 1.19 bits per heavy atom. The van der Waals surface area contributed by atoms with Crippen LogP contribution in [-0.2, 0) is 10.2 Å². The molecular formula is C18H25N3O5. The molecule has 142 valence electrons. The van der Waals surface area contributed by atoms with E-state index in [0.29, 0.717) is 36.9 Å². The summed E-state index contributed by atoms with van der Waals surface area (Å²) in [5, 5.41) is 25.8. The van der Waals surface area contributed by atoms with Crippen molar-refractivity contribution in [1.82, 2.24) is 5.32 Å². The smallest absolute Gasteiger partial charge is 0.319 e. The molecule has 0 bridgehead atoms. The van der Waals surface area contributed by atoms with Crippen LogP contribution in [0.5, 0.6) is 0 Å². The molecule has 3 N–H and O–H groups in total. The molecule has 26 heavy (non-hydrogen) atoms. The molecule has 1 aliphatic carbocycles. The van der Waals surface area contributed by atoms with Gasteiger partial charge in [0.2, 0.25) is 0 Å². The van der Waals surface area contributed by atoms with Gasteiger partial charge in [-0.05, 0) is 43.2 Å². The van der Waals surface area contributed by atoms with Gasteiger partial charge in [-0.1, -0.05) is 20.8 Å². The molecular weight excluding hydrogens is 338 g/mol. The molecule has 0 saturated heterocycles. The molecule has 1 fully saturated rings. The van der Waals surface area contributed by atoms with E-state index >= 15 is 0 Å². The number of carboxylic acid groups (broad SMARTS) is 1. The van der Waals surface area contributed by atoms with Crippen molar-refractivity contribution in [2.75, 3.05) is 5.32 Å². The highest BCUT2D eigenvalue weighted by Gasteiger charge is 2.27.